The summed E-state index contributed by atoms with van der Waals surface area (Å²) in [6, 6.07) is 6.48. The molecule has 1 rings (SSSR count). The van der Waals surface area contributed by atoms with Crippen molar-refractivity contribution in [3.63, 3.8) is 0 Å². The molecular weight excluding hydrogens is 284 g/mol. The number of nitrogen functional groups attached to an aromatic ring is 1. The number of carbonyl (C=O) groups excluding carboxylic acids is 1. The van der Waals surface area contributed by atoms with E-state index in [1.165, 1.54) is 0 Å². The molecule has 1 unspecified atom stereocenters. The Kier molecular flexibility index (Phi) is 6.22. The lowest BCUT2D eigenvalue weighted by Gasteiger charge is -2.22. The first-order valence-electron chi connectivity index (χ1n) is 7.25. The van der Waals surface area contributed by atoms with Gasteiger partial charge in [0, 0.05) is 5.69 Å². The second-order valence-corrected chi connectivity index (χ2v) is 6.13. The number of alkyl carbamates (subject to hydrolysis) is 1. The van der Waals surface area contributed by atoms with Crippen LogP contribution in [-0.4, -0.2) is 28.8 Å². The SMILES string of the molecule is CC(C)(C)OC(=O)NC(CCCc1ccccc1N)C(=O)O. The van der Waals surface area contributed by atoms with Crippen molar-refractivity contribution in [2.45, 2.75) is 51.7 Å². The smallest absolute Gasteiger partial charge is 0.408 e. The Morgan fingerprint density at radius 3 is 2.50 bits per heavy atom. The summed E-state index contributed by atoms with van der Waals surface area (Å²) in [5, 5.41) is 11.6. The zero-order chi connectivity index (χ0) is 16.8. The molecule has 0 fully saturated rings. The van der Waals surface area contributed by atoms with Crippen LogP contribution in [0.2, 0.25) is 0 Å². The maximum absolute atomic E-state index is 11.6. The molecule has 122 valence electrons. The lowest BCUT2D eigenvalue weighted by molar-refractivity contribution is -0.139. The lowest BCUT2D eigenvalue weighted by Crippen LogP contribution is -2.43. The third-order valence-corrected chi connectivity index (χ3v) is 2.98. The van der Waals surface area contributed by atoms with Crippen molar-refractivity contribution < 1.29 is 19.4 Å². The summed E-state index contributed by atoms with van der Waals surface area (Å²) in [5.74, 6) is -1.08. The van der Waals surface area contributed by atoms with Crippen LogP contribution in [0.25, 0.3) is 0 Å². The van der Waals surface area contributed by atoms with Crippen LogP contribution in [0.1, 0.15) is 39.2 Å². The fourth-order valence-electron chi connectivity index (χ4n) is 1.97. The van der Waals surface area contributed by atoms with Crippen molar-refractivity contribution in [1.29, 1.82) is 0 Å². The quantitative estimate of drug-likeness (QED) is 0.701. The number of aliphatic carboxylic acids is 1. The number of anilines is 1. The van der Waals surface area contributed by atoms with Crippen LogP contribution in [0.4, 0.5) is 10.5 Å². The number of rotatable bonds is 6. The second-order valence-electron chi connectivity index (χ2n) is 6.13. The predicted octanol–water partition coefficient (Wildman–Crippen LogP) is 2.57. The van der Waals surface area contributed by atoms with Gasteiger partial charge < -0.3 is 20.9 Å². The van der Waals surface area contributed by atoms with Crippen LogP contribution in [0.15, 0.2) is 24.3 Å². The van der Waals surface area contributed by atoms with E-state index in [2.05, 4.69) is 5.32 Å². The summed E-state index contributed by atoms with van der Waals surface area (Å²) >= 11 is 0. The van der Waals surface area contributed by atoms with Crippen molar-refractivity contribution in [3.8, 4) is 0 Å². The van der Waals surface area contributed by atoms with E-state index < -0.39 is 23.7 Å². The highest BCUT2D eigenvalue weighted by Crippen LogP contribution is 2.14. The first-order valence-corrected chi connectivity index (χ1v) is 7.25. The molecule has 0 bridgehead atoms. The molecule has 0 spiro atoms. The van der Waals surface area contributed by atoms with E-state index in [1.807, 2.05) is 24.3 Å². The fraction of sp³-hybridized carbons (Fsp3) is 0.500. The minimum Gasteiger partial charge on any atom is -0.480 e. The average Bonchev–Trinajstić information content (AvgIpc) is 2.37. The number of carbonyl (C=O) groups is 2. The number of aryl methyl sites for hydroxylation is 1. The predicted molar refractivity (Wildman–Crippen MR) is 84.6 cm³/mol. The van der Waals surface area contributed by atoms with Gasteiger partial charge in [-0.2, -0.15) is 0 Å². The van der Waals surface area contributed by atoms with Crippen molar-refractivity contribution >= 4 is 17.7 Å². The third kappa shape index (κ3) is 6.47. The largest absolute Gasteiger partial charge is 0.480 e. The van der Waals surface area contributed by atoms with Crippen LogP contribution in [0.5, 0.6) is 0 Å². The number of nitrogens with one attached hydrogen (secondary N) is 1. The number of para-hydroxylation sites is 1. The number of benzene rings is 1. The van der Waals surface area contributed by atoms with E-state index in [0.29, 0.717) is 24.9 Å². The van der Waals surface area contributed by atoms with Crippen LogP contribution < -0.4 is 11.1 Å². The summed E-state index contributed by atoms with van der Waals surface area (Å²) < 4.78 is 5.07. The van der Waals surface area contributed by atoms with Gasteiger partial charge in [0.2, 0.25) is 0 Å². The van der Waals surface area contributed by atoms with Crippen LogP contribution in [0.3, 0.4) is 0 Å². The number of carboxylic acid groups (broad SMARTS) is 1. The molecule has 6 nitrogen and oxygen atoms in total. The Bertz CT molecular complexity index is 523. The maximum Gasteiger partial charge on any atom is 0.408 e. The number of nitrogens with two attached hydrogens (primary N) is 1. The topological polar surface area (TPSA) is 102 Å². The van der Waals surface area contributed by atoms with Gasteiger partial charge in [0.1, 0.15) is 11.6 Å². The number of hydrogen-bond acceptors (Lipinski definition) is 4. The number of ether oxygens (including phenoxy) is 1. The van der Waals surface area contributed by atoms with Gasteiger partial charge in [-0.15, -0.1) is 0 Å². The molecule has 1 aromatic rings. The Morgan fingerprint density at radius 1 is 1.32 bits per heavy atom. The third-order valence-electron chi connectivity index (χ3n) is 2.98. The first-order chi connectivity index (χ1) is 10.2. The van der Waals surface area contributed by atoms with Gasteiger partial charge in [-0.05, 0) is 51.7 Å². The highest BCUT2D eigenvalue weighted by atomic mass is 16.6. The summed E-state index contributed by atoms with van der Waals surface area (Å²) in [6.45, 7) is 5.17. The molecule has 1 amide bonds. The monoisotopic (exact) mass is 308 g/mol. The second kappa shape index (κ2) is 7.68. The molecule has 0 saturated heterocycles. The Balaban J connectivity index is 2.50. The molecule has 0 aromatic heterocycles. The minimum absolute atomic E-state index is 0.308. The van der Waals surface area contributed by atoms with Gasteiger partial charge in [-0.25, -0.2) is 9.59 Å². The van der Waals surface area contributed by atoms with Crippen molar-refractivity contribution in [1.82, 2.24) is 5.32 Å². The molecule has 0 heterocycles. The van der Waals surface area contributed by atoms with Crippen molar-refractivity contribution in [2.24, 2.45) is 0 Å². The summed E-state index contributed by atoms with van der Waals surface area (Å²) in [4.78, 5) is 22.9. The highest BCUT2D eigenvalue weighted by Gasteiger charge is 2.23. The van der Waals surface area contributed by atoms with E-state index in [4.69, 9.17) is 10.5 Å². The zero-order valence-electron chi connectivity index (χ0n) is 13.3. The molecule has 0 aliphatic heterocycles. The summed E-state index contributed by atoms with van der Waals surface area (Å²) in [6.07, 6.45) is 0.843. The van der Waals surface area contributed by atoms with Crippen LogP contribution in [-0.2, 0) is 16.0 Å². The first kappa shape index (κ1) is 17.8. The fourth-order valence-corrected chi connectivity index (χ4v) is 1.97. The number of carboxylic acids is 1. The molecule has 0 aliphatic carbocycles. The van der Waals surface area contributed by atoms with Gasteiger partial charge in [0.05, 0.1) is 0 Å². The average molecular weight is 308 g/mol. The molecule has 1 aromatic carbocycles. The van der Waals surface area contributed by atoms with Gasteiger partial charge in [0.25, 0.3) is 0 Å². The molecule has 0 aliphatic rings. The van der Waals surface area contributed by atoms with Crippen molar-refractivity contribution in [3.05, 3.63) is 29.8 Å². The molecular formula is C16H24N2O4. The number of amides is 1. The molecule has 1 atom stereocenters. The Labute approximate surface area is 130 Å². The maximum atomic E-state index is 11.6. The zero-order valence-corrected chi connectivity index (χ0v) is 13.3. The molecule has 0 saturated carbocycles. The Morgan fingerprint density at radius 2 is 1.95 bits per heavy atom. The minimum atomic E-state index is -1.08. The van der Waals surface area contributed by atoms with Gasteiger partial charge in [0.15, 0.2) is 0 Å². The van der Waals surface area contributed by atoms with Crippen LogP contribution >= 0.6 is 0 Å². The van der Waals surface area contributed by atoms with E-state index in [0.717, 1.165) is 5.56 Å². The van der Waals surface area contributed by atoms with E-state index in [-0.39, 0.29) is 0 Å². The molecule has 22 heavy (non-hydrogen) atoms. The van der Waals surface area contributed by atoms with Gasteiger partial charge in [-0.1, -0.05) is 18.2 Å². The van der Waals surface area contributed by atoms with Crippen molar-refractivity contribution in [2.75, 3.05) is 5.73 Å². The van der Waals surface area contributed by atoms with E-state index in [9.17, 15) is 14.7 Å². The molecule has 4 N–H and O–H groups in total. The highest BCUT2D eigenvalue weighted by molar-refractivity contribution is 5.79. The molecule has 0 radical (unpaired) electrons. The lowest BCUT2D eigenvalue weighted by atomic mass is 10.0. The number of hydrogen-bond donors (Lipinski definition) is 3. The van der Waals surface area contributed by atoms with Gasteiger partial charge in [-0.3, -0.25) is 0 Å². The van der Waals surface area contributed by atoms with E-state index in [1.54, 1.807) is 20.8 Å². The van der Waals surface area contributed by atoms with Crippen LogP contribution in [0, 0.1) is 0 Å². The van der Waals surface area contributed by atoms with E-state index >= 15 is 0 Å². The summed E-state index contributed by atoms with van der Waals surface area (Å²) in [7, 11) is 0. The Hall–Kier alpha value is -2.24. The normalized spacial score (nSPS) is 12.5. The van der Waals surface area contributed by atoms with Gasteiger partial charge >= 0.3 is 12.1 Å². The molecule has 6 heteroatoms. The summed E-state index contributed by atoms with van der Waals surface area (Å²) in [5.41, 5.74) is 6.85. The standard InChI is InChI=1S/C16H24N2O4/c1-16(2,3)22-15(21)18-13(14(19)20)10-6-8-11-7-4-5-9-12(11)17/h4-5,7,9,13H,6,8,10,17H2,1-3H3,(H,18,21)(H,19,20).